The van der Waals surface area contributed by atoms with Crippen molar-refractivity contribution in [2.45, 2.75) is 33.6 Å². The normalized spacial score (nSPS) is 17.1. The van der Waals surface area contributed by atoms with Crippen molar-refractivity contribution >= 4 is 35.1 Å². The molecule has 0 aliphatic carbocycles. The van der Waals surface area contributed by atoms with Crippen LogP contribution in [0.3, 0.4) is 0 Å². The highest BCUT2D eigenvalue weighted by Crippen LogP contribution is 2.35. The van der Waals surface area contributed by atoms with Crippen LogP contribution in [0.1, 0.15) is 63.0 Å². The summed E-state index contributed by atoms with van der Waals surface area (Å²) in [7, 11) is 0. The second-order valence-corrected chi connectivity index (χ2v) is 7.92. The van der Waals surface area contributed by atoms with Gasteiger partial charge in [0.15, 0.2) is 0 Å². The van der Waals surface area contributed by atoms with Crippen molar-refractivity contribution < 1.29 is 19.5 Å². The number of aryl methyl sites for hydroxylation is 1. The lowest BCUT2D eigenvalue weighted by Gasteiger charge is -2.30. The van der Waals surface area contributed by atoms with Crippen molar-refractivity contribution in [1.29, 1.82) is 0 Å². The number of carbonyl (C=O) groups is 3. The molecule has 2 aliphatic rings. The molecular weight excluding hydrogens is 396 g/mol. The summed E-state index contributed by atoms with van der Waals surface area (Å²) in [6, 6.07) is 4.54. The maximum atomic E-state index is 13.3. The minimum absolute atomic E-state index is 0.0512. The van der Waals surface area contributed by atoms with Gasteiger partial charge in [0, 0.05) is 42.3 Å². The number of hydrazine groups is 1. The van der Waals surface area contributed by atoms with Gasteiger partial charge in [-0.3, -0.25) is 14.6 Å². The number of carbonyl (C=O) groups excluding carboxylic acids is 2. The molecule has 4 rings (SSSR count). The predicted molar refractivity (Wildman–Crippen MR) is 118 cm³/mol. The number of rotatable bonds is 5. The minimum atomic E-state index is -1.05. The van der Waals surface area contributed by atoms with E-state index in [0.717, 1.165) is 37.2 Å². The highest BCUT2D eigenvalue weighted by Gasteiger charge is 2.29. The predicted octanol–water partition coefficient (Wildman–Crippen LogP) is 3.30. The number of aromatic amines is 1. The number of aromatic nitrogens is 1. The number of amides is 2. The van der Waals surface area contributed by atoms with Gasteiger partial charge in [-0.25, -0.2) is 9.80 Å². The zero-order valence-electron chi connectivity index (χ0n) is 17.9. The first kappa shape index (κ1) is 20.9. The Morgan fingerprint density at radius 2 is 1.94 bits per heavy atom. The lowest BCUT2D eigenvalue weighted by Crippen LogP contribution is -2.45. The van der Waals surface area contributed by atoms with Crippen molar-refractivity contribution in [2.75, 3.05) is 25.0 Å². The largest absolute Gasteiger partial charge is 0.478 e. The molecule has 162 valence electrons. The van der Waals surface area contributed by atoms with E-state index >= 15 is 0 Å². The number of fused-ring (bicyclic) bond motifs is 1. The Hall–Kier alpha value is -3.39. The summed E-state index contributed by atoms with van der Waals surface area (Å²) in [5.74, 6) is -1.41. The van der Waals surface area contributed by atoms with Crippen LogP contribution in [0, 0.1) is 13.8 Å². The van der Waals surface area contributed by atoms with Crippen molar-refractivity contribution in [1.82, 2.24) is 15.0 Å². The van der Waals surface area contributed by atoms with Gasteiger partial charge in [0.25, 0.3) is 11.8 Å². The first-order chi connectivity index (χ1) is 14.8. The summed E-state index contributed by atoms with van der Waals surface area (Å²) in [5, 5.41) is 16.0. The fourth-order valence-electron chi connectivity index (χ4n) is 4.39. The van der Waals surface area contributed by atoms with Gasteiger partial charge < -0.3 is 15.4 Å². The molecule has 1 aromatic carbocycles. The number of aromatic carboxylic acids is 1. The van der Waals surface area contributed by atoms with E-state index in [9.17, 15) is 19.5 Å². The summed E-state index contributed by atoms with van der Waals surface area (Å²) in [6.45, 7) is 8.03. The molecule has 0 unspecified atom stereocenters. The van der Waals surface area contributed by atoms with Crippen LogP contribution >= 0.6 is 0 Å². The van der Waals surface area contributed by atoms with Crippen LogP contribution in [0.15, 0.2) is 18.2 Å². The van der Waals surface area contributed by atoms with Crippen LogP contribution < -0.4 is 5.32 Å². The second kappa shape index (κ2) is 8.03. The summed E-state index contributed by atoms with van der Waals surface area (Å²) in [4.78, 5) is 40.5. The Morgan fingerprint density at radius 3 is 2.58 bits per heavy atom. The number of carboxylic acids is 1. The molecule has 31 heavy (non-hydrogen) atoms. The SMILES string of the molecule is CCN(C(=O)c1c(C)[nH]c(C=C2C(=O)Nc3ccc(C(=O)O)cc32)c1C)N1CCCC1. The molecule has 3 N–H and O–H groups in total. The molecule has 0 radical (unpaired) electrons. The lowest BCUT2D eigenvalue weighted by atomic mass is 10.0. The summed E-state index contributed by atoms with van der Waals surface area (Å²) < 4.78 is 0. The summed E-state index contributed by atoms with van der Waals surface area (Å²) in [5.41, 5.74) is 4.37. The van der Waals surface area contributed by atoms with Crippen LogP contribution in [-0.4, -0.2) is 57.5 Å². The summed E-state index contributed by atoms with van der Waals surface area (Å²) in [6.07, 6.45) is 3.86. The third-order valence-corrected chi connectivity index (χ3v) is 5.99. The molecule has 0 atom stereocenters. The Morgan fingerprint density at radius 1 is 1.23 bits per heavy atom. The molecule has 2 aliphatic heterocycles. The number of carboxylic acid groups (broad SMARTS) is 1. The number of benzene rings is 1. The van der Waals surface area contributed by atoms with Gasteiger partial charge in [-0.1, -0.05) is 0 Å². The fourth-order valence-corrected chi connectivity index (χ4v) is 4.39. The zero-order chi connectivity index (χ0) is 22.3. The van der Waals surface area contributed by atoms with Crippen molar-refractivity contribution in [3.8, 4) is 0 Å². The van der Waals surface area contributed by atoms with Crippen LogP contribution in [-0.2, 0) is 4.79 Å². The third-order valence-electron chi connectivity index (χ3n) is 5.99. The molecule has 0 bridgehead atoms. The number of anilines is 1. The highest BCUT2D eigenvalue weighted by molar-refractivity contribution is 6.35. The maximum Gasteiger partial charge on any atom is 0.335 e. The van der Waals surface area contributed by atoms with E-state index in [1.807, 2.05) is 20.8 Å². The van der Waals surface area contributed by atoms with Crippen molar-refractivity contribution in [3.05, 3.63) is 51.8 Å². The molecule has 1 saturated heterocycles. The number of H-pyrrole nitrogens is 1. The van der Waals surface area contributed by atoms with E-state index in [-0.39, 0.29) is 17.4 Å². The molecule has 1 aromatic heterocycles. The molecule has 3 heterocycles. The molecule has 0 spiro atoms. The third kappa shape index (κ3) is 3.63. The van der Waals surface area contributed by atoms with Gasteiger partial charge in [-0.2, -0.15) is 0 Å². The van der Waals surface area contributed by atoms with Gasteiger partial charge in [0.1, 0.15) is 0 Å². The standard InChI is InChI=1S/C23H26N4O4/c1-4-27(26-9-5-6-10-26)22(29)20-13(2)19(24-14(20)3)12-17-16-11-15(23(30)31)7-8-18(16)25-21(17)28/h7-8,11-12,24H,4-6,9-10H2,1-3H3,(H,25,28)(H,30,31). The van der Waals surface area contributed by atoms with Crippen LogP contribution in [0.5, 0.6) is 0 Å². The molecule has 0 saturated carbocycles. The molecule has 2 amide bonds. The van der Waals surface area contributed by atoms with E-state index in [2.05, 4.69) is 15.3 Å². The Kier molecular flexibility index (Phi) is 5.41. The molecular formula is C23H26N4O4. The minimum Gasteiger partial charge on any atom is -0.478 e. The Labute approximate surface area is 180 Å². The zero-order valence-corrected chi connectivity index (χ0v) is 17.9. The average molecular weight is 422 g/mol. The molecule has 2 aromatic rings. The fraction of sp³-hybridized carbons (Fsp3) is 0.348. The number of hydrogen-bond acceptors (Lipinski definition) is 4. The second-order valence-electron chi connectivity index (χ2n) is 7.92. The van der Waals surface area contributed by atoms with Crippen molar-refractivity contribution in [3.63, 3.8) is 0 Å². The average Bonchev–Trinajstić information content (AvgIpc) is 3.42. The van der Waals surface area contributed by atoms with E-state index < -0.39 is 5.97 Å². The van der Waals surface area contributed by atoms with E-state index in [4.69, 9.17) is 0 Å². The van der Waals surface area contributed by atoms with Crippen molar-refractivity contribution in [2.24, 2.45) is 0 Å². The first-order valence-electron chi connectivity index (χ1n) is 10.5. The van der Waals surface area contributed by atoms with E-state index in [1.54, 1.807) is 17.2 Å². The first-order valence-corrected chi connectivity index (χ1v) is 10.5. The topological polar surface area (TPSA) is 106 Å². The molecule has 8 nitrogen and oxygen atoms in total. The van der Waals surface area contributed by atoms with E-state index in [0.29, 0.717) is 34.6 Å². The quantitative estimate of drug-likeness (QED) is 0.641. The molecule has 8 heteroatoms. The molecule has 1 fully saturated rings. The maximum absolute atomic E-state index is 13.3. The van der Waals surface area contributed by atoms with Gasteiger partial charge in [0.05, 0.1) is 16.7 Å². The number of hydrogen-bond donors (Lipinski definition) is 3. The number of nitrogens with zero attached hydrogens (tertiary/aromatic N) is 2. The van der Waals surface area contributed by atoms with Gasteiger partial charge in [-0.05, 0) is 63.5 Å². The van der Waals surface area contributed by atoms with Crippen LogP contribution in [0.4, 0.5) is 5.69 Å². The summed E-state index contributed by atoms with van der Waals surface area (Å²) >= 11 is 0. The van der Waals surface area contributed by atoms with Crippen LogP contribution in [0.2, 0.25) is 0 Å². The van der Waals surface area contributed by atoms with E-state index in [1.165, 1.54) is 12.1 Å². The Bertz CT molecular complexity index is 1110. The smallest absolute Gasteiger partial charge is 0.335 e. The van der Waals surface area contributed by atoms with Gasteiger partial charge >= 0.3 is 5.97 Å². The number of nitrogens with one attached hydrogen (secondary N) is 2. The Balaban J connectivity index is 1.72. The highest BCUT2D eigenvalue weighted by atomic mass is 16.4. The van der Waals surface area contributed by atoms with Gasteiger partial charge in [0.2, 0.25) is 0 Å². The lowest BCUT2D eigenvalue weighted by molar-refractivity contribution is -0.110. The van der Waals surface area contributed by atoms with Crippen LogP contribution in [0.25, 0.3) is 11.6 Å². The van der Waals surface area contributed by atoms with Gasteiger partial charge in [-0.15, -0.1) is 0 Å². The monoisotopic (exact) mass is 422 g/mol.